The standard InChI is InChI=1S/C21H23ClN4O6/c1-12(2)19(23-20(28)16-8-7-14(26(30)31)10-17(16)22)21(29)25-24-18(27)11-32-15-6-4-5-13(3)9-15/h4-10,12,19H,11H2,1-3H3,(H,23,28)(H,24,27)(H,25,29)/t19-/m0/s1. The summed E-state index contributed by atoms with van der Waals surface area (Å²) in [4.78, 5) is 47.2. The molecule has 0 aromatic heterocycles. The van der Waals surface area contributed by atoms with Gasteiger partial charge in [-0.25, -0.2) is 0 Å². The summed E-state index contributed by atoms with van der Waals surface area (Å²) in [7, 11) is 0. The lowest BCUT2D eigenvalue weighted by molar-refractivity contribution is -0.384. The van der Waals surface area contributed by atoms with E-state index in [0.717, 1.165) is 17.7 Å². The number of non-ortho nitro benzene ring substituents is 1. The zero-order valence-corrected chi connectivity index (χ0v) is 18.4. The third kappa shape index (κ3) is 6.95. The van der Waals surface area contributed by atoms with E-state index in [9.17, 15) is 24.5 Å². The second-order valence-corrected chi connectivity index (χ2v) is 7.67. The fourth-order valence-electron chi connectivity index (χ4n) is 2.65. The van der Waals surface area contributed by atoms with Gasteiger partial charge in [-0.3, -0.25) is 35.3 Å². The van der Waals surface area contributed by atoms with Crippen LogP contribution in [0.5, 0.6) is 5.75 Å². The minimum Gasteiger partial charge on any atom is -0.484 e. The number of benzene rings is 2. The molecule has 0 bridgehead atoms. The summed E-state index contributed by atoms with van der Waals surface area (Å²) < 4.78 is 5.36. The first-order chi connectivity index (χ1) is 15.1. The molecule has 0 radical (unpaired) electrons. The van der Waals surface area contributed by atoms with E-state index in [1.54, 1.807) is 32.0 Å². The molecule has 0 aliphatic carbocycles. The van der Waals surface area contributed by atoms with Gasteiger partial charge in [0.05, 0.1) is 15.5 Å². The quantitative estimate of drug-likeness (QED) is 0.407. The van der Waals surface area contributed by atoms with Crippen molar-refractivity contribution in [2.75, 3.05) is 6.61 Å². The van der Waals surface area contributed by atoms with Crippen molar-refractivity contribution in [1.82, 2.24) is 16.2 Å². The molecular formula is C21H23ClN4O6. The van der Waals surface area contributed by atoms with Gasteiger partial charge in [0.2, 0.25) is 0 Å². The van der Waals surface area contributed by atoms with E-state index in [-0.39, 0.29) is 28.8 Å². The Bertz CT molecular complexity index is 1030. The molecule has 3 N–H and O–H groups in total. The van der Waals surface area contributed by atoms with Crippen molar-refractivity contribution in [2.24, 2.45) is 5.92 Å². The van der Waals surface area contributed by atoms with Gasteiger partial charge in [0.1, 0.15) is 11.8 Å². The lowest BCUT2D eigenvalue weighted by Crippen LogP contribution is -2.55. The molecule has 0 fully saturated rings. The number of halogens is 1. The van der Waals surface area contributed by atoms with Crippen LogP contribution in [0, 0.1) is 23.0 Å². The van der Waals surface area contributed by atoms with Crippen LogP contribution < -0.4 is 20.9 Å². The van der Waals surface area contributed by atoms with Gasteiger partial charge in [-0.2, -0.15) is 0 Å². The van der Waals surface area contributed by atoms with Gasteiger partial charge in [-0.1, -0.05) is 37.6 Å². The van der Waals surface area contributed by atoms with E-state index < -0.39 is 28.7 Å². The highest BCUT2D eigenvalue weighted by Gasteiger charge is 2.26. The molecule has 3 amide bonds. The molecule has 2 aromatic carbocycles. The topological polar surface area (TPSA) is 140 Å². The summed E-state index contributed by atoms with van der Waals surface area (Å²) in [6, 6.07) is 9.53. The smallest absolute Gasteiger partial charge is 0.276 e. The third-order valence-electron chi connectivity index (χ3n) is 4.33. The van der Waals surface area contributed by atoms with Crippen molar-refractivity contribution in [2.45, 2.75) is 26.8 Å². The predicted molar refractivity (Wildman–Crippen MR) is 117 cm³/mol. The molecule has 0 saturated carbocycles. The molecule has 32 heavy (non-hydrogen) atoms. The average Bonchev–Trinajstić information content (AvgIpc) is 2.73. The van der Waals surface area contributed by atoms with Crippen molar-refractivity contribution < 1.29 is 24.0 Å². The lowest BCUT2D eigenvalue weighted by Gasteiger charge is -2.22. The van der Waals surface area contributed by atoms with Crippen molar-refractivity contribution in [3.8, 4) is 5.75 Å². The summed E-state index contributed by atoms with van der Waals surface area (Å²) in [5, 5.41) is 13.2. The number of aryl methyl sites for hydroxylation is 1. The maximum Gasteiger partial charge on any atom is 0.276 e. The number of hydrogen-bond donors (Lipinski definition) is 3. The number of nitro benzene ring substituents is 1. The van der Waals surface area contributed by atoms with Crippen molar-refractivity contribution in [1.29, 1.82) is 0 Å². The van der Waals surface area contributed by atoms with Gasteiger partial charge in [-0.05, 0) is 36.6 Å². The molecule has 1 atom stereocenters. The molecule has 0 heterocycles. The molecule has 11 heteroatoms. The molecule has 0 saturated heterocycles. The molecule has 0 aliphatic rings. The van der Waals surface area contributed by atoms with E-state index in [4.69, 9.17) is 16.3 Å². The molecule has 2 rings (SSSR count). The van der Waals surface area contributed by atoms with E-state index in [1.165, 1.54) is 6.07 Å². The van der Waals surface area contributed by atoms with Gasteiger partial charge < -0.3 is 10.1 Å². The van der Waals surface area contributed by atoms with Gasteiger partial charge in [0.15, 0.2) is 6.61 Å². The van der Waals surface area contributed by atoms with Crippen LogP contribution in [0.3, 0.4) is 0 Å². The van der Waals surface area contributed by atoms with Crippen LogP contribution in [0.15, 0.2) is 42.5 Å². The fourth-order valence-corrected chi connectivity index (χ4v) is 2.92. The van der Waals surface area contributed by atoms with Gasteiger partial charge in [0.25, 0.3) is 23.4 Å². The van der Waals surface area contributed by atoms with E-state index in [1.807, 2.05) is 13.0 Å². The Morgan fingerprint density at radius 3 is 2.44 bits per heavy atom. The summed E-state index contributed by atoms with van der Waals surface area (Å²) in [6.45, 7) is 4.97. The van der Waals surface area contributed by atoms with Crippen molar-refractivity contribution in [3.05, 3.63) is 68.7 Å². The minimum absolute atomic E-state index is 0.0219. The van der Waals surface area contributed by atoms with Crippen LogP contribution in [0.4, 0.5) is 5.69 Å². The number of nitrogens with zero attached hydrogens (tertiary/aromatic N) is 1. The number of ether oxygens (including phenoxy) is 1. The van der Waals surface area contributed by atoms with Crippen molar-refractivity contribution >= 4 is 35.0 Å². The van der Waals surface area contributed by atoms with Gasteiger partial charge >= 0.3 is 0 Å². The second kappa shape index (κ2) is 11.1. The summed E-state index contributed by atoms with van der Waals surface area (Å²) in [6.07, 6.45) is 0. The first-order valence-electron chi connectivity index (χ1n) is 9.61. The maximum atomic E-state index is 12.5. The van der Waals surface area contributed by atoms with E-state index in [0.29, 0.717) is 5.75 Å². The Morgan fingerprint density at radius 1 is 1.12 bits per heavy atom. The number of nitrogens with one attached hydrogen (secondary N) is 3. The highest BCUT2D eigenvalue weighted by atomic mass is 35.5. The molecule has 10 nitrogen and oxygen atoms in total. The maximum absolute atomic E-state index is 12.5. The predicted octanol–water partition coefficient (Wildman–Crippen LogP) is 2.54. The van der Waals surface area contributed by atoms with Crippen LogP contribution in [0.1, 0.15) is 29.8 Å². The fraction of sp³-hybridized carbons (Fsp3) is 0.286. The highest BCUT2D eigenvalue weighted by molar-refractivity contribution is 6.34. The monoisotopic (exact) mass is 462 g/mol. The average molecular weight is 463 g/mol. The number of nitro groups is 1. The minimum atomic E-state index is -1.01. The molecule has 0 unspecified atom stereocenters. The first kappa shape index (κ1) is 24.6. The molecular weight excluding hydrogens is 440 g/mol. The SMILES string of the molecule is Cc1cccc(OCC(=O)NNC(=O)[C@@H](NC(=O)c2ccc([N+](=O)[O-])cc2Cl)C(C)C)c1. The van der Waals surface area contributed by atoms with Gasteiger partial charge in [-0.15, -0.1) is 0 Å². The molecule has 0 spiro atoms. The third-order valence-corrected chi connectivity index (χ3v) is 4.64. The highest BCUT2D eigenvalue weighted by Crippen LogP contribution is 2.22. The molecule has 2 aromatic rings. The Kier molecular flexibility index (Phi) is 8.54. The summed E-state index contributed by atoms with van der Waals surface area (Å²) >= 11 is 5.97. The van der Waals surface area contributed by atoms with Crippen LogP contribution >= 0.6 is 11.6 Å². The van der Waals surface area contributed by atoms with Crippen molar-refractivity contribution in [3.63, 3.8) is 0 Å². The zero-order chi connectivity index (χ0) is 23.8. The summed E-state index contributed by atoms with van der Waals surface area (Å²) in [5.74, 6) is -1.76. The van der Waals surface area contributed by atoms with E-state index >= 15 is 0 Å². The number of carbonyl (C=O) groups excluding carboxylic acids is 3. The number of rotatable bonds is 8. The van der Waals surface area contributed by atoms with Crippen LogP contribution in [-0.2, 0) is 9.59 Å². The summed E-state index contributed by atoms with van der Waals surface area (Å²) in [5.41, 5.74) is 5.17. The van der Waals surface area contributed by atoms with Crippen LogP contribution in [-0.4, -0.2) is 35.3 Å². The Balaban J connectivity index is 1.93. The number of amides is 3. The van der Waals surface area contributed by atoms with E-state index in [2.05, 4.69) is 16.2 Å². The molecule has 0 aliphatic heterocycles. The van der Waals surface area contributed by atoms with Crippen LogP contribution in [0.25, 0.3) is 0 Å². The Morgan fingerprint density at radius 2 is 1.84 bits per heavy atom. The number of hydrazine groups is 1. The largest absolute Gasteiger partial charge is 0.484 e. The Labute approximate surface area is 189 Å². The number of hydrogen-bond acceptors (Lipinski definition) is 6. The van der Waals surface area contributed by atoms with Gasteiger partial charge in [0, 0.05) is 12.1 Å². The normalized spacial score (nSPS) is 11.4. The number of carbonyl (C=O) groups is 3. The second-order valence-electron chi connectivity index (χ2n) is 7.26. The lowest BCUT2D eigenvalue weighted by atomic mass is 10.0. The Hall–Kier alpha value is -3.66. The molecule has 170 valence electrons. The zero-order valence-electron chi connectivity index (χ0n) is 17.7. The first-order valence-corrected chi connectivity index (χ1v) is 9.99. The van der Waals surface area contributed by atoms with Crippen LogP contribution in [0.2, 0.25) is 5.02 Å².